The topological polar surface area (TPSA) is 68.0 Å². The number of hydrogen-bond donors (Lipinski definition) is 1. The fraction of sp³-hybridized carbons (Fsp3) is 0.471. The number of carbonyl (C=O) groups is 1. The minimum atomic E-state index is -4.65. The Morgan fingerprint density at radius 2 is 1.96 bits per heavy atom. The molecule has 1 aromatic carbocycles. The highest BCUT2D eigenvalue weighted by atomic mass is 19.4. The molecule has 0 aliphatic heterocycles. The van der Waals surface area contributed by atoms with E-state index < -0.39 is 23.3 Å². The number of hydrogen-bond acceptors (Lipinski definition) is 4. The van der Waals surface area contributed by atoms with E-state index >= 15 is 0 Å². The summed E-state index contributed by atoms with van der Waals surface area (Å²) in [5, 5.41) is 5.95. The van der Waals surface area contributed by atoms with Crippen molar-refractivity contribution in [1.29, 1.82) is 0 Å². The second-order valence-corrected chi connectivity index (χ2v) is 6.57. The van der Waals surface area contributed by atoms with E-state index in [0.29, 0.717) is 24.9 Å². The van der Waals surface area contributed by atoms with E-state index in [4.69, 9.17) is 0 Å². The molecule has 1 amide bonds. The molecule has 0 radical (unpaired) electrons. The maximum absolute atomic E-state index is 13.2. The molecule has 0 spiro atoms. The third-order valence-electron chi connectivity index (χ3n) is 3.86. The molecule has 0 bridgehead atoms. The fourth-order valence-corrected chi connectivity index (χ4v) is 2.30. The SMILES string of the molecule is CC(C)(CCCCc1noc(C(F)(F)F)n1)C(=O)Nc1cccc(F)c1. The third kappa shape index (κ3) is 5.53. The van der Waals surface area contributed by atoms with Crippen molar-refractivity contribution < 1.29 is 26.9 Å². The van der Waals surface area contributed by atoms with Crippen LogP contribution in [0.2, 0.25) is 0 Å². The molecule has 0 saturated carbocycles. The molecule has 2 aromatic rings. The lowest BCUT2D eigenvalue weighted by molar-refractivity contribution is -0.159. The van der Waals surface area contributed by atoms with Gasteiger partial charge in [-0.15, -0.1) is 0 Å². The minimum absolute atomic E-state index is 0.0145. The van der Waals surface area contributed by atoms with Gasteiger partial charge in [-0.25, -0.2) is 4.39 Å². The Morgan fingerprint density at radius 3 is 2.58 bits per heavy atom. The number of nitrogens with one attached hydrogen (secondary N) is 1. The number of benzene rings is 1. The van der Waals surface area contributed by atoms with Gasteiger partial charge in [-0.2, -0.15) is 18.2 Å². The van der Waals surface area contributed by atoms with Crippen LogP contribution in [0.3, 0.4) is 0 Å². The van der Waals surface area contributed by atoms with Gasteiger partial charge in [-0.1, -0.05) is 31.5 Å². The molecule has 9 heteroatoms. The van der Waals surface area contributed by atoms with E-state index in [1.807, 2.05) is 0 Å². The van der Waals surface area contributed by atoms with Gasteiger partial charge in [-0.05, 0) is 31.0 Å². The molecule has 0 fully saturated rings. The van der Waals surface area contributed by atoms with Crippen molar-refractivity contribution in [3.8, 4) is 0 Å². The zero-order valence-corrected chi connectivity index (χ0v) is 14.4. The summed E-state index contributed by atoms with van der Waals surface area (Å²) in [5.74, 6) is -2.08. The lowest BCUT2D eigenvalue weighted by Crippen LogP contribution is -2.30. The maximum atomic E-state index is 13.2. The predicted octanol–water partition coefficient (Wildman–Crippen LogP) is 4.61. The van der Waals surface area contributed by atoms with Crippen LogP contribution in [0.4, 0.5) is 23.2 Å². The molecule has 0 unspecified atom stereocenters. The average Bonchev–Trinajstić information content (AvgIpc) is 3.01. The molecule has 0 aliphatic rings. The van der Waals surface area contributed by atoms with E-state index in [1.165, 1.54) is 18.2 Å². The molecule has 142 valence electrons. The van der Waals surface area contributed by atoms with E-state index in [9.17, 15) is 22.4 Å². The summed E-state index contributed by atoms with van der Waals surface area (Å²) in [4.78, 5) is 15.6. The molecule has 26 heavy (non-hydrogen) atoms. The Morgan fingerprint density at radius 1 is 1.23 bits per heavy atom. The average molecular weight is 373 g/mol. The quantitative estimate of drug-likeness (QED) is 0.569. The van der Waals surface area contributed by atoms with Crippen molar-refractivity contribution in [3.05, 3.63) is 41.8 Å². The molecule has 1 aromatic heterocycles. The Bertz CT molecular complexity index is 756. The summed E-state index contributed by atoms with van der Waals surface area (Å²) in [6, 6.07) is 5.59. The number of unbranched alkanes of at least 4 members (excludes halogenated alkanes) is 1. The van der Waals surface area contributed by atoms with Crippen LogP contribution < -0.4 is 5.32 Å². The first-order valence-electron chi connectivity index (χ1n) is 8.05. The summed E-state index contributed by atoms with van der Waals surface area (Å²) in [6.07, 6.45) is -2.84. The molecule has 0 saturated heterocycles. The first-order chi connectivity index (χ1) is 12.1. The molecule has 5 nitrogen and oxygen atoms in total. The largest absolute Gasteiger partial charge is 0.471 e. The van der Waals surface area contributed by atoms with Crippen LogP contribution in [0.25, 0.3) is 0 Å². The number of alkyl halides is 3. The van der Waals surface area contributed by atoms with Crippen LogP contribution in [0.1, 0.15) is 44.8 Å². The van der Waals surface area contributed by atoms with Gasteiger partial charge in [0.15, 0.2) is 5.82 Å². The summed E-state index contributed by atoms with van der Waals surface area (Å²) in [7, 11) is 0. The van der Waals surface area contributed by atoms with Crippen LogP contribution in [0.5, 0.6) is 0 Å². The lowest BCUT2D eigenvalue weighted by Gasteiger charge is -2.23. The van der Waals surface area contributed by atoms with Gasteiger partial charge in [0.1, 0.15) is 5.82 Å². The molecular weight excluding hydrogens is 354 g/mol. The van der Waals surface area contributed by atoms with Gasteiger partial charge in [0, 0.05) is 17.5 Å². The number of rotatable bonds is 7. The fourth-order valence-electron chi connectivity index (χ4n) is 2.30. The number of nitrogens with zero attached hydrogens (tertiary/aromatic N) is 2. The Hall–Kier alpha value is -2.45. The van der Waals surface area contributed by atoms with Gasteiger partial charge in [0.25, 0.3) is 0 Å². The summed E-state index contributed by atoms with van der Waals surface area (Å²) in [6.45, 7) is 3.50. The van der Waals surface area contributed by atoms with Crippen LogP contribution in [-0.4, -0.2) is 16.0 Å². The molecule has 1 N–H and O–H groups in total. The predicted molar refractivity (Wildman–Crippen MR) is 85.7 cm³/mol. The first-order valence-corrected chi connectivity index (χ1v) is 8.05. The van der Waals surface area contributed by atoms with Crippen LogP contribution >= 0.6 is 0 Å². The van der Waals surface area contributed by atoms with Crippen LogP contribution in [0, 0.1) is 11.2 Å². The molecular formula is C17H19F4N3O2. The highest BCUT2D eigenvalue weighted by molar-refractivity contribution is 5.94. The third-order valence-corrected chi connectivity index (χ3v) is 3.86. The van der Waals surface area contributed by atoms with Crippen LogP contribution in [0.15, 0.2) is 28.8 Å². The van der Waals surface area contributed by atoms with Gasteiger partial charge in [0.2, 0.25) is 5.91 Å². The lowest BCUT2D eigenvalue weighted by atomic mass is 9.86. The van der Waals surface area contributed by atoms with Crippen molar-refractivity contribution in [2.75, 3.05) is 5.32 Å². The molecule has 1 heterocycles. The van der Waals surface area contributed by atoms with Crippen molar-refractivity contribution in [2.45, 2.75) is 45.7 Å². The second-order valence-electron chi connectivity index (χ2n) is 6.57. The summed E-state index contributed by atoms with van der Waals surface area (Å²) >= 11 is 0. The monoisotopic (exact) mass is 373 g/mol. The Labute approximate surface area is 147 Å². The number of amides is 1. The van der Waals surface area contributed by atoms with E-state index in [1.54, 1.807) is 19.9 Å². The number of aromatic nitrogens is 2. The first kappa shape index (κ1) is 19.9. The highest BCUT2D eigenvalue weighted by Gasteiger charge is 2.38. The minimum Gasteiger partial charge on any atom is -0.329 e. The van der Waals surface area contributed by atoms with Gasteiger partial charge >= 0.3 is 12.1 Å². The zero-order chi connectivity index (χ0) is 19.4. The maximum Gasteiger partial charge on any atom is 0.471 e. The normalized spacial score (nSPS) is 12.2. The van der Waals surface area contributed by atoms with E-state index in [2.05, 4.69) is 20.0 Å². The van der Waals surface area contributed by atoms with E-state index in [0.717, 1.165) is 0 Å². The summed E-state index contributed by atoms with van der Waals surface area (Å²) in [5.41, 5.74) is -0.352. The van der Waals surface area contributed by atoms with Crippen molar-refractivity contribution in [3.63, 3.8) is 0 Å². The van der Waals surface area contributed by atoms with Crippen molar-refractivity contribution in [2.24, 2.45) is 5.41 Å². The zero-order valence-electron chi connectivity index (χ0n) is 14.4. The number of halogens is 4. The highest BCUT2D eigenvalue weighted by Crippen LogP contribution is 2.28. The number of aryl methyl sites for hydroxylation is 1. The number of anilines is 1. The molecule has 0 atom stereocenters. The van der Waals surface area contributed by atoms with Crippen molar-refractivity contribution in [1.82, 2.24) is 10.1 Å². The Balaban J connectivity index is 1.80. The van der Waals surface area contributed by atoms with E-state index in [-0.39, 0.29) is 18.2 Å². The van der Waals surface area contributed by atoms with Crippen LogP contribution in [-0.2, 0) is 17.4 Å². The standard InChI is InChI=1S/C17H19F4N3O2/c1-16(2,14(25)22-12-7-5-6-11(18)10-12)9-4-3-8-13-23-15(26-24-13)17(19,20)21/h5-7,10H,3-4,8-9H2,1-2H3,(H,22,25). The second kappa shape index (κ2) is 7.84. The summed E-state index contributed by atoms with van der Waals surface area (Å²) < 4.78 is 54.4. The Kier molecular flexibility index (Phi) is 5.99. The number of carbonyl (C=O) groups excluding carboxylic acids is 1. The van der Waals surface area contributed by atoms with Gasteiger partial charge < -0.3 is 9.84 Å². The van der Waals surface area contributed by atoms with Gasteiger partial charge in [-0.3, -0.25) is 4.79 Å². The molecule has 2 rings (SSSR count). The van der Waals surface area contributed by atoms with Gasteiger partial charge in [0.05, 0.1) is 0 Å². The smallest absolute Gasteiger partial charge is 0.329 e. The molecule has 0 aliphatic carbocycles. The van der Waals surface area contributed by atoms with Crippen molar-refractivity contribution >= 4 is 11.6 Å².